The molecular weight excluding hydrogens is 208 g/mol. The van der Waals surface area contributed by atoms with Crippen molar-refractivity contribution in [2.75, 3.05) is 20.1 Å². The highest BCUT2D eigenvalue weighted by molar-refractivity contribution is 4.79. The third kappa shape index (κ3) is 5.87. The first-order chi connectivity index (χ1) is 8.13. The van der Waals surface area contributed by atoms with Crippen molar-refractivity contribution in [3.05, 3.63) is 0 Å². The largest absolute Gasteiger partial charge is 0.314 e. The Morgan fingerprint density at radius 2 is 2.00 bits per heavy atom. The van der Waals surface area contributed by atoms with E-state index in [-0.39, 0.29) is 0 Å². The van der Waals surface area contributed by atoms with Crippen molar-refractivity contribution in [2.45, 2.75) is 71.4 Å². The molecule has 0 amide bonds. The molecule has 0 aromatic heterocycles. The maximum atomic E-state index is 3.73. The van der Waals surface area contributed by atoms with Gasteiger partial charge in [-0.2, -0.15) is 0 Å². The Labute approximate surface area is 108 Å². The molecule has 0 radical (unpaired) electrons. The van der Waals surface area contributed by atoms with Crippen molar-refractivity contribution in [3.63, 3.8) is 0 Å². The normalized spacial score (nSPS) is 25.1. The molecule has 17 heavy (non-hydrogen) atoms. The van der Waals surface area contributed by atoms with Crippen molar-refractivity contribution in [2.24, 2.45) is 5.92 Å². The second kappa shape index (κ2) is 8.10. The van der Waals surface area contributed by atoms with Crippen LogP contribution in [0.15, 0.2) is 0 Å². The molecule has 0 bridgehead atoms. The van der Waals surface area contributed by atoms with Gasteiger partial charge in [0, 0.05) is 12.1 Å². The third-order valence-corrected chi connectivity index (χ3v) is 4.37. The van der Waals surface area contributed by atoms with Crippen LogP contribution in [0.4, 0.5) is 0 Å². The molecule has 0 spiro atoms. The second-order valence-corrected chi connectivity index (χ2v) is 6.02. The molecule has 0 aliphatic heterocycles. The smallest absolute Gasteiger partial charge is 0.00698 e. The second-order valence-electron chi connectivity index (χ2n) is 6.02. The summed E-state index contributed by atoms with van der Waals surface area (Å²) < 4.78 is 0. The Hall–Kier alpha value is -0.0800. The van der Waals surface area contributed by atoms with E-state index in [2.05, 4.69) is 38.0 Å². The lowest BCUT2D eigenvalue weighted by Gasteiger charge is -2.21. The fourth-order valence-corrected chi connectivity index (χ4v) is 2.68. The molecule has 1 N–H and O–H groups in total. The van der Waals surface area contributed by atoms with E-state index >= 15 is 0 Å². The van der Waals surface area contributed by atoms with E-state index in [1.54, 1.807) is 0 Å². The van der Waals surface area contributed by atoms with Crippen molar-refractivity contribution in [1.82, 2.24) is 10.2 Å². The van der Waals surface area contributed by atoms with E-state index in [0.29, 0.717) is 6.04 Å². The lowest BCUT2D eigenvalue weighted by Crippen LogP contribution is -2.30. The predicted molar refractivity (Wildman–Crippen MR) is 76.4 cm³/mol. The van der Waals surface area contributed by atoms with Crippen LogP contribution in [0.2, 0.25) is 0 Å². The SMILES string of the molecule is CCC1CCC(NCCCCN(C)C(C)C)C1. The topological polar surface area (TPSA) is 15.3 Å². The number of hydrogen-bond donors (Lipinski definition) is 1. The highest BCUT2D eigenvalue weighted by Crippen LogP contribution is 2.27. The van der Waals surface area contributed by atoms with Crippen LogP contribution in [0.5, 0.6) is 0 Å². The van der Waals surface area contributed by atoms with E-state index in [4.69, 9.17) is 0 Å². The van der Waals surface area contributed by atoms with Gasteiger partial charge in [0.05, 0.1) is 0 Å². The van der Waals surface area contributed by atoms with Gasteiger partial charge in [0.2, 0.25) is 0 Å². The first-order valence-corrected chi connectivity index (χ1v) is 7.57. The monoisotopic (exact) mass is 240 g/mol. The summed E-state index contributed by atoms with van der Waals surface area (Å²) in [6, 6.07) is 1.51. The summed E-state index contributed by atoms with van der Waals surface area (Å²) in [6.07, 6.45) is 8.30. The Balaban J connectivity index is 1.94. The molecule has 102 valence electrons. The Morgan fingerprint density at radius 1 is 1.24 bits per heavy atom. The van der Waals surface area contributed by atoms with Crippen LogP contribution in [-0.4, -0.2) is 37.1 Å². The Kier molecular flexibility index (Phi) is 7.14. The van der Waals surface area contributed by atoms with E-state index in [9.17, 15) is 0 Å². The van der Waals surface area contributed by atoms with Crippen molar-refractivity contribution < 1.29 is 0 Å². The summed E-state index contributed by atoms with van der Waals surface area (Å²) in [6.45, 7) is 9.31. The molecule has 1 saturated carbocycles. The van der Waals surface area contributed by atoms with E-state index in [1.807, 2.05) is 0 Å². The average molecular weight is 240 g/mol. The first-order valence-electron chi connectivity index (χ1n) is 7.57. The van der Waals surface area contributed by atoms with Gasteiger partial charge in [-0.25, -0.2) is 0 Å². The molecule has 2 nitrogen and oxygen atoms in total. The van der Waals surface area contributed by atoms with Crippen molar-refractivity contribution in [1.29, 1.82) is 0 Å². The number of unbranched alkanes of at least 4 members (excludes halogenated alkanes) is 1. The molecule has 2 unspecified atom stereocenters. The van der Waals surface area contributed by atoms with Crippen LogP contribution >= 0.6 is 0 Å². The summed E-state index contributed by atoms with van der Waals surface area (Å²) in [5.74, 6) is 1.000. The maximum Gasteiger partial charge on any atom is 0.00698 e. The molecule has 1 fully saturated rings. The number of nitrogens with one attached hydrogen (secondary N) is 1. The van der Waals surface area contributed by atoms with Gasteiger partial charge in [0.15, 0.2) is 0 Å². The van der Waals surface area contributed by atoms with E-state index in [0.717, 1.165) is 12.0 Å². The molecule has 0 saturated heterocycles. The van der Waals surface area contributed by atoms with Gasteiger partial charge in [-0.3, -0.25) is 0 Å². The van der Waals surface area contributed by atoms with Crippen molar-refractivity contribution >= 4 is 0 Å². The number of hydrogen-bond acceptors (Lipinski definition) is 2. The van der Waals surface area contributed by atoms with Gasteiger partial charge in [-0.05, 0) is 72.0 Å². The van der Waals surface area contributed by atoms with Gasteiger partial charge in [-0.15, -0.1) is 0 Å². The van der Waals surface area contributed by atoms with Crippen molar-refractivity contribution in [3.8, 4) is 0 Å². The van der Waals surface area contributed by atoms with Crippen LogP contribution in [0.1, 0.15) is 59.3 Å². The lowest BCUT2D eigenvalue weighted by atomic mass is 10.1. The van der Waals surface area contributed by atoms with Crippen LogP contribution in [0, 0.1) is 5.92 Å². The van der Waals surface area contributed by atoms with Gasteiger partial charge < -0.3 is 10.2 Å². The fourth-order valence-electron chi connectivity index (χ4n) is 2.68. The minimum Gasteiger partial charge on any atom is -0.314 e. The Morgan fingerprint density at radius 3 is 2.59 bits per heavy atom. The fraction of sp³-hybridized carbons (Fsp3) is 1.00. The highest BCUT2D eigenvalue weighted by atomic mass is 15.1. The zero-order valence-electron chi connectivity index (χ0n) is 12.3. The summed E-state index contributed by atoms with van der Waals surface area (Å²) in [5.41, 5.74) is 0. The molecular formula is C15H32N2. The minimum absolute atomic E-state index is 0.683. The first kappa shape index (κ1) is 15.0. The Bertz CT molecular complexity index is 191. The molecule has 0 heterocycles. The zero-order valence-corrected chi connectivity index (χ0v) is 12.3. The lowest BCUT2D eigenvalue weighted by molar-refractivity contribution is 0.267. The van der Waals surface area contributed by atoms with E-state index in [1.165, 1.54) is 51.6 Å². The van der Waals surface area contributed by atoms with Crippen LogP contribution < -0.4 is 5.32 Å². The van der Waals surface area contributed by atoms with Crippen LogP contribution in [0.3, 0.4) is 0 Å². The molecule has 2 atom stereocenters. The van der Waals surface area contributed by atoms with Gasteiger partial charge >= 0.3 is 0 Å². The van der Waals surface area contributed by atoms with Gasteiger partial charge in [-0.1, -0.05) is 13.3 Å². The molecule has 1 aliphatic carbocycles. The molecule has 2 heteroatoms. The quantitative estimate of drug-likeness (QED) is 0.655. The van der Waals surface area contributed by atoms with E-state index < -0.39 is 0 Å². The van der Waals surface area contributed by atoms with Crippen LogP contribution in [-0.2, 0) is 0 Å². The third-order valence-electron chi connectivity index (χ3n) is 4.37. The molecule has 1 rings (SSSR count). The van der Waals surface area contributed by atoms with Crippen LogP contribution in [0.25, 0.3) is 0 Å². The maximum absolute atomic E-state index is 3.73. The summed E-state index contributed by atoms with van der Waals surface area (Å²) in [7, 11) is 2.22. The van der Waals surface area contributed by atoms with Gasteiger partial charge in [0.25, 0.3) is 0 Å². The molecule has 0 aromatic rings. The average Bonchev–Trinajstić information content (AvgIpc) is 2.76. The molecule has 0 aromatic carbocycles. The summed E-state index contributed by atoms with van der Waals surface area (Å²) in [5, 5.41) is 3.73. The number of nitrogens with zero attached hydrogens (tertiary/aromatic N) is 1. The summed E-state index contributed by atoms with van der Waals surface area (Å²) >= 11 is 0. The standard InChI is InChI=1S/C15H32N2/c1-5-14-8-9-15(12-14)16-10-6-7-11-17(4)13(2)3/h13-16H,5-12H2,1-4H3. The minimum atomic E-state index is 0.683. The molecule has 1 aliphatic rings. The predicted octanol–water partition coefficient (Wildman–Crippen LogP) is 3.28. The summed E-state index contributed by atoms with van der Waals surface area (Å²) in [4.78, 5) is 2.43. The van der Waals surface area contributed by atoms with Gasteiger partial charge in [0.1, 0.15) is 0 Å². The highest BCUT2D eigenvalue weighted by Gasteiger charge is 2.22. The number of rotatable bonds is 8. The zero-order chi connectivity index (χ0) is 12.7.